The molecule has 0 radical (unpaired) electrons. The number of aryl methyl sites for hydroxylation is 1. The third-order valence-corrected chi connectivity index (χ3v) is 6.22. The van der Waals surface area contributed by atoms with E-state index in [1.165, 1.54) is 28.6 Å². The van der Waals surface area contributed by atoms with Crippen LogP contribution in [0.25, 0.3) is 0 Å². The second-order valence-electron chi connectivity index (χ2n) is 5.80. The minimum atomic E-state index is -3.82. The fraction of sp³-hybridized carbons (Fsp3) is 0.294. The zero-order valence-electron chi connectivity index (χ0n) is 13.2. The summed E-state index contributed by atoms with van der Waals surface area (Å²) in [4.78, 5) is 0.0761. The Hall–Kier alpha value is -1.83. The summed E-state index contributed by atoms with van der Waals surface area (Å²) in [5.41, 5.74) is 0.942. The summed E-state index contributed by atoms with van der Waals surface area (Å²) >= 11 is 0. The Morgan fingerprint density at radius 1 is 1.12 bits per heavy atom. The lowest BCUT2D eigenvalue weighted by Crippen LogP contribution is -2.48. The molecule has 0 aromatic heterocycles. The molecule has 128 valence electrons. The van der Waals surface area contributed by atoms with Gasteiger partial charge in [0.2, 0.25) is 10.0 Å². The number of nitrogens with zero attached hydrogens (tertiary/aromatic N) is 1. The molecule has 0 spiro atoms. The van der Waals surface area contributed by atoms with Crippen LogP contribution in [0.5, 0.6) is 0 Å². The molecule has 1 atom stereocenters. The van der Waals surface area contributed by atoms with Crippen molar-refractivity contribution in [2.75, 3.05) is 19.6 Å². The minimum absolute atomic E-state index is 0.0761. The second-order valence-corrected chi connectivity index (χ2v) is 7.66. The van der Waals surface area contributed by atoms with E-state index >= 15 is 0 Å². The van der Waals surface area contributed by atoms with Crippen LogP contribution in [0.4, 0.5) is 8.78 Å². The van der Waals surface area contributed by atoms with E-state index < -0.39 is 27.7 Å². The Labute approximate surface area is 140 Å². The summed E-state index contributed by atoms with van der Waals surface area (Å²) in [6.45, 7) is 2.73. The molecule has 1 unspecified atom stereocenters. The molecule has 24 heavy (non-hydrogen) atoms. The van der Waals surface area contributed by atoms with Gasteiger partial charge in [0.1, 0.15) is 11.6 Å². The molecule has 2 aromatic carbocycles. The second kappa shape index (κ2) is 6.58. The van der Waals surface area contributed by atoms with Gasteiger partial charge in [0, 0.05) is 19.6 Å². The van der Waals surface area contributed by atoms with E-state index in [1.807, 2.05) is 0 Å². The predicted molar refractivity (Wildman–Crippen MR) is 87.0 cm³/mol. The molecule has 1 aliphatic rings. The van der Waals surface area contributed by atoms with Crippen molar-refractivity contribution in [3.8, 4) is 0 Å². The molecule has 0 bridgehead atoms. The fourth-order valence-corrected chi connectivity index (χ4v) is 4.82. The molecule has 1 fully saturated rings. The van der Waals surface area contributed by atoms with E-state index in [1.54, 1.807) is 19.1 Å². The van der Waals surface area contributed by atoms with Gasteiger partial charge in [-0.1, -0.05) is 12.1 Å². The van der Waals surface area contributed by atoms with Gasteiger partial charge < -0.3 is 5.32 Å². The highest BCUT2D eigenvalue weighted by molar-refractivity contribution is 7.89. The van der Waals surface area contributed by atoms with Gasteiger partial charge in [-0.15, -0.1) is 0 Å². The van der Waals surface area contributed by atoms with Crippen molar-refractivity contribution < 1.29 is 17.2 Å². The largest absolute Gasteiger partial charge is 0.313 e. The summed E-state index contributed by atoms with van der Waals surface area (Å²) < 4.78 is 54.4. The number of hydrogen-bond acceptors (Lipinski definition) is 3. The maximum absolute atomic E-state index is 13.5. The van der Waals surface area contributed by atoms with Crippen LogP contribution in [0.3, 0.4) is 0 Å². The van der Waals surface area contributed by atoms with Gasteiger partial charge in [0.05, 0.1) is 10.9 Å². The Balaban J connectivity index is 2.03. The summed E-state index contributed by atoms with van der Waals surface area (Å²) in [6.07, 6.45) is 0. The highest BCUT2D eigenvalue weighted by Crippen LogP contribution is 2.30. The van der Waals surface area contributed by atoms with Crippen LogP contribution in [0.2, 0.25) is 0 Å². The van der Waals surface area contributed by atoms with Crippen molar-refractivity contribution in [1.29, 1.82) is 0 Å². The molecule has 1 aliphatic heterocycles. The number of hydrogen-bond donors (Lipinski definition) is 1. The van der Waals surface area contributed by atoms with Crippen LogP contribution in [0, 0.1) is 18.6 Å². The standard InChI is InChI=1S/C17H18F2N2O2S/c1-12-9-15(19)5-6-17(12)24(22,23)21-8-7-20-11-16(21)13-3-2-4-14(18)10-13/h2-6,9-10,16,20H,7-8,11H2,1H3. The lowest BCUT2D eigenvalue weighted by Gasteiger charge is -2.35. The number of rotatable bonds is 3. The van der Waals surface area contributed by atoms with Crippen molar-refractivity contribution in [2.24, 2.45) is 0 Å². The van der Waals surface area contributed by atoms with E-state index in [2.05, 4.69) is 5.32 Å². The highest BCUT2D eigenvalue weighted by atomic mass is 32.2. The van der Waals surface area contributed by atoms with Crippen LogP contribution in [0.1, 0.15) is 17.2 Å². The molecule has 1 heterocycles. The van der Waals surface area contributed by atoms with Crippen molar-refractivity contribution in [2.45, 2.75) is 17.9 Å². The Kier molecular flexibility index (Phi) is 4.67. The summed E-state index contributed by atoms with van der Waals surface area (Å²) in [6, 6.07) is 9.05. The zero-order valence-corrected chi connectivity index (χ0v) is 14.0. The Morgan fingerprint density at radius 2 is 1.88 bits per heavy atom. The van der Waals surface area contributed by atoms with Gasteiger partial charge in [0.15, 0.2) is 0 Å². The van der Waals surface area contributed by atoms with E-state index in [0.717, 1.165) is 6.07 Å². The van der Waals surface area contributed by atoms with Gasteiger partial charge in [-0.25, -0.2) is 17.2 Å². The smallest absolute Gasteiger partial charge is 0.243 e. The third kappa shape index (κ3) is 3.19. The zero-order chi connectivity index (χ0) is 17.3. The predicted octanol–water partition coefficient (Wildman–Crippen LogP) is 2.61. The number of halogens is 2. The van der Waals surface area contributed by atoms with Gasteiger partial charge in [-0.2, -0.15) is 4.31 Å². The Bertz CT molecular complexity index is 855. The lowest BCUT2D eigenvalue weighted by atomic mass is 10.1. The van der Waals surface area contributed by atoms with Crippen LogP contribution < -0.4 is 5.32 Å². The van der Waals surface area contributed by atoms with Crippen LogP contribution in [-0.2, 0) is 10.0 Å². The first-order chi connectivity index (χ1) is 11.4. The summed E-state index contributed by atoms with van der Waals surface area (Å²) in [5.74, 6) is -0.887. The molecule has 0 saturated carbocycles. The topological polar surface area (TPSA) is 49.4 Å². The number of piperazine rings is 1. The molecule has 1 N–H and O–H groups in total. The SMILES string of the molecule is Cc1cc(F)ccc1S(=O)(=O)N1CCNCC1c1cccc(F)c1. The normalized spacial score (nSPS) is 19.4. The van der Waals surface area contributed by atoms with E-state index in [4.69, 9.17) is 0 Å². The average Bonchev–Trinajstić information content (AvgIpc) is 2.54. The molecule has 7 heteroatoms. The number of benzene rings is 2. The molecule has 0 amide bonds. The number of nitrogens with one attached hydrogen (secondary N) is 1. The lowest BCUT2D eigenvalue weighted by molar-refractivity contribution is 0.271. The molecule has 2 aromatic rings. The van der Waals surface area contributed by atoms with Crippen LogP contribution in [0.15, 0.2) is 47.4 Å². The third-order valence-electron chi connectivity index (χ3n) is 4.15. The van der Waals surface area contributed by atoms with E-state index in [0.29, 0.717) is 24.2 Å². The highest BCUT2D eigenvalue weighted by Gasteiger charge is 2.35. The van der Waals surface area contributed by atoms with Crippen LogP contribution in [-0.4, -0.2) is 32.4 Å². The quantitative estimate of drug-likeness (QED) is 0.924. The Morgan fingerprint density at radius 3 is 2.58 bits per heavy atom. The fourth-order valence-electron chi connectivity index (χ4n) is 3.00. The molecule has 4 nitrogen and oxygen atoms in total. The minimum Gasteiger partial charge on any atom is -0.313 e. The van der Waals surface area contributed by atoms with Crippen molar-refractivity contribution in [3.05, 3.63) is 65.2 Å². The molecule has 3 rings (SSSR count). The van der Waals surface area contributed by atoms with Gasteiger partial charge in [-0.05, 0) is 48.4 Å². The van der Waals surface area contributed by atoms with Crippen molar-refractivity contribution in [1.82, 2.24) is 9.62 Å². The summed E-state index contributed by atoms with van der Waals surface area (Å²) in [7, 11) is -3.82. The first-order valence-corrected chi connectivity index (χ1v) is 9.08. The first-order valence-electron chi connectivity index (χ1n) is 7.64. The van der Waals surface area contributed by atoms with Crippen LogP contribution >= 0.6 is 0 Å². The molecule has 1 saturated heterocycles. The molecular weight excluding hydrogens is 334 g/mol. The van der Waals surface area contributed by atoms with Gasteiger partial charge >= 0.3 is 0 Å². The number of sulfonamides is 1. The maximum atomic E-state index is 13.5. The molecule has 0 aliphatic carbocycles. The maximum Gasteiger partial charge on any atom is 0.243 e. The van der Waals surface area contributed by atoms with Gasteiger partial charge in [0.25, 0.3) is 0 Å². The molecular formula is C17H18F2N2O2S. The van der Waals surface area contributed by atoms with E-state index in [-0.39, 0.29) is 11.4 Å². The average molecular weight is 352 g/mol. The van der Waals surface area contributed by atoms with Gasteiger partial charge in [-0.3, -0.25) is 0 Å². The van der Waals surface area contributed by atoms with Crippen molar-refractivity contribution >= 4 is 10.0 Å². The summed E-state index contributed by atoms with van der Waals surface area (Å²) in [5, 5.41) is 3.14. The first kappa shape index (κ1) is 17.0. The van der Waals surface area contributed by atoms with E-state index in [9.17, 15) is 17.2 Å². The monoisotopic (exact) mass is 352 g/mol. The van der Waals surface area contributed by atoms with Crippen molar-refractivity contribution in [3.63, 3.8) is 0 Å².